The van der Waals surface area contributed by atoms with Gasteiger partial charge in [0.05, 0.1) is 13.7 Å². The summed E-state index contributed by atoms with van der Waals surface area (Å²) < 4.78 is 11.2. The van der Waals surface area contributed by atoms with E-state index in [4.69, 9.17) is 9.47 Å². The second-order valence-electron chi connectivity index (χ2n) is 5.09. The molecule has 0 aliphatic heterocycles. The van der Waals surface area contributed by atoms with E-state index in [0.717, 1.165) is 24.5 Å². The summed E-state index contributed by atoms with van der Waals surface area (Å²) in [6, 6.07) is 6.25. The number of methoxy groups -OCH3 is 1. The van der Waals surface area contributed by atoms with Gasteiger partial charge in [0.25, 0.3) is 0 Å². The minimum atomic E-state index is 0.620. The van der Waals surface area contributed by atoms with E-state index in [2.05, 4.69) is 31.3 Å². The molecule has 0 aliphatic carbocycles. The third-order valence-electron chi connectivity index (χ3n) is 3.17. The third-order valence-corrected chi connectivity index (χ3v) is 3.17. The number of nitrogens with one attached hydrogen (secondary N) is 1. The Balaban J connectivity index is 2.57. The molecule has 1 aromatic carbocycles. The molecule has 19 heavy (non-hydrogen) atoms. The maximum atomic E-state index is 5.81. The van der Waals surface area contributed by atoms with Crippen LogP contribution < -0.4 is 10.1 Å². The van der Waals surface area contributed by atoms with Gasteiger partial charge in [0, 0.05) is 18.7 Å². The summed E-state index contributed by atoms with van der Waals surface area (Å²) in [7, 11) is 3.66. The first-order chi connectivity index (χ1) is 9.21. The average molecular weight is 265 g/mol. The Bertz CT molecular complexity index is 366. The maximum Gasteiger partial charge on any atom is 0.124 e. The number of rotatable bonds is 9. The van der Waals surface area contributed by atoms with Gasteiger partial charge < -0.3 is 14.8 Å². The molecule has 0 spiro atoms. The Morgan fingerprint density at radius 3 is 2.74 bits per heavy atom. The highest BCUT2D eigenvalue weighted by Gasteiger charge is 2.06. The average Bonchev–Trinajstić information content (AvgIpc) is 2.40. The molecule has 0 bridgehead atoms. The zero-order chi connectivity index (χ0) is 14.1. The van der Waals surface area contributed by atoms with Gasteiger partial charge >= 0.3 is 0 Å². The second kappa shape index (κ2) is 8.94. The third kappa shape index (κ3) is 5.62. The Morgan fingerprint density at radius 1 is 1.32 bits per heavy atom. The predicted octanol–water partition coefficient (Wildman–Crippen LogP) is 3.37. The van der Waals surface area contributed by atoms with E-state index in [0.29, 0.717) is 12.5 Å². The Kier molecular flexibility index (Phi) is 7.53. The summed E-state index contributed by atoms with van der Waals surface area (Å²) in [6.45, 7) is 6.74. The lowest BCUT2D eigenvalue weighted by molar-refractivity contribution is 0.0879. The van der Waals surface area contributed by atoms with Crippen molar-refractivity contribution in [2.75, 3.05) is 20.8 Å². The van der Waals surface area contributed by atoms with Crippen LogP contribution in [0.1, 0.15) is 37.8 Å². The monoisotopic (exact) mass is 265 g/mol. The van der Waals surface area contributed by atoms with Crippen molar-refractivity contribution in [2.24, 2.45) is 5.92 Å². The molecule has 1 atom stereocenters. The van der Waals surface area contributed by atoms with Crippen molar-refractivity contribution >= 4 is 0 Å². The molecule has 3 nitrogen and oxygen atoms in total. The zero-order valence-electron chi connectivity index (χ0n) is 12.7. The summed E-state index contributed by atoms with van der Waals surface area (Å²) in [6.07, 6.45) is 2.43. The molecule has 1 unspecified atom stereocenters. The molecule has 0 amide bonds. The highest BCUT2D eigenvalue weighted by Crippen LogP contribution is 2.21. The van der Waals surface area contributed by atoms with Crippen molar-refractivity contribution in [1.29, 1.82) is 0 Å². The van der Waals surface area contributed by atoms with E-state index in [1.54, 1.807) is 7.11 Å². The Labute approximate surface area is 117 Å². The lowest BCUT2D eigenvalue weighted by Gasteiger charge is -2.14. The minimum absolute atomic E-state index is 0.620. The molecule has 1 aromatic rings. The Hall–Kier alpha value is -1.06. The first kappa shape index (κ1) is 16.0. The molecule has 0 radical (unpaired) electrons. The zero-order valence-corrected chi connectivity index (χ0v) is 12.7. The van der Waals surface area contributed by atoms with Crippen LogP contribution in [0.2, 0.25) is 0 Å². The molecule has 0 saturated carbocycles. The smallest absolute Gasteiger partial charge is 0.124 e. The van der Waals surface area contributed by atoms with Crippen LogP contribution in [0.15, 0.2) is 18.2 Å². The lowest BCUT2D eigenvalue weighted by Crippen LogP contribution is -2.08. The molecular weight excluding hydrogens is 238 g/mol. The predicted molar refractivity (Wildman–Crippen MR) is 79.5 cm³/mol. The maximum absolute atomic E-state index is 5.81. The van der Waals surface area contributed by atoms with Crippen molar-refractivity contribution in [3.63, 3.8) is 0 Å². The fraction of sp³-hybridized carbons (Fsp3) is 0.625. The van der Waals surface area contributed by atoms with Gasteiger partial charge in [-0.1, -0.05) is 26.3 Å². The first-order valence-electron chi connectivity index (χ1n) is 7.09. The number of ether oxygens (including phenoxy) is 2. The fourth-order valence-electron chi connectivity index (χ4n) is 2.21. The van der Waals surface area contributed by atoms with Gasteiger partial charge in [-0.15, -0.1) is 0 Å². The molecule has 1 N–H and O–H groups in total. The number of hydrogen-bond donors (Lipinski definition) is 1. The molecule has 0 heterocycles. The second-order valence-corrected chi connectivity index (χ2v) is 5.09. The van der Waals surface area contributed by atoms with Crippen molar-refractivity contribution in [3.8, 4) is 5.75 Å². The highest BCUT2D eigenvalue weighted by atomic mass is 16.5. The Morgan fingerprint density at radius 2 is 2.11 bits per heavy atom. The van der Waals surface area contributed by atoms with E-state index in [-0.39, 0.29) is 0 Å². The quantitative estimate of drug-likeness (QED) is 0.742. The SMILES string of the molecule is CCCC(C)COCc1cc(CNC)ccc1OC. The van der Waals surface area contributed by atoms with E-state index >= 15 is 0 Å². The molecule has 0 fully saturated rings. The normalized spacial score (nSPS) is 12.4. The molecule has 3 heteroatoms. The van der Waals surface area contributed by atoms with Crippen LogP contribution >= 0.6 is 0 Å². The van der Waals surface area contributed by atoms with Crippen LogP contribution in [-0.2, 0) is 17.9 Å². The van der Waals surface area contributed by atoms with E-state index in [1.807, 2.05) is 13.1 Å². The summed E-state index contributed by atoms with van der Waals surface area (Å²) >= 11 is 0. The molecule has 0 aliphatic rings. The van der Waals surface area contributed by atoms with Crippen molar-refractivity contribution in [3.05, 3.63) is 29.3 Å². The molecule has 108 valence electrons. The van der Waals surface area contributed by atoms with Gasteiger partial charge in [-0.05, 0) is 37.1 Å². The van der Waals surface area contributed by atoms with Gasteiger partial charge in [-0.3, -0.25) is 0 Å². The molecule has 1 rings (SSSR count). The van der Waals surface area contributed by atoms with Crippen LogP contribution in [-0.4, -0.2) is 20.8 Å². The van der Waals surface area contributed by atoms with E-state index in [9.17, 15) is 0 Å². The highest BCUT2D eigenvalue weighted by molar-refractivity contribution is 5.36. The van der Waals surface area contributed by atoms with Gasteiger partial charge in [0.2, 0.25) is 0 Å². The van der Waals surface area contributed by atoms with Gasteiger partial charge in [0.1, 0.15) is 5.75 Å². The molecule has 0 aromatic heterocycles. The summed E-state index contributed by atoms with van der Waals surface area (Å²) in [5.41, 5.74) is 2.38. The lowest BCUT2D eigenvalue weighted by atomic mass is 10.1. The summed E-state index contributed by atoms with van der Waals surface area (Å²) in [5, 5.41) is 3.16. The van der Waals surface area contributed by atoms with Crippen LogP contribution in [0.4, 0.5) is 0 Å². The van der Waals surface area contributed by atoms with Crippen LogP contribution in [0, 0.1) is 5.92 Å². The molecular formula is C16H27NO2. The van der Waals surface area contributed by atoms with Gasteiger partial charge in [0.15, 0.2) is 0 Å². The van der Waals surface area contributed by atoms with Gasteiger partial charge in [-0.2, -0.15) is 0 Å². The molecule has 0 saturated heterocycles. The summed E-state index contributed by atoms with van der Waals surface area (Å²) in [4.78, 5) is 0. The first-order valence-corrected chi connectivity index (χ1v) is 7.09. The van der Waals surface area contributed by atoms with Crippen LogP contribution in [0.5, 0.6) is 5.75 Å². The largest absolute Gasteiger partial charge is 0.496 e. The van der Waals surface area contributed by atoms with Crippen molar-refractivity contribution < 1.29 is 9.47 Å². The van der Waals surface area contributed by atoms with Crippen molar-refractivity contribution in [2.45, 2.75) is 39.8 Å². The topological polar surface area (TPSA) is 30.5 Å². The van der Waals surface area contributed by atoms with E-state index < -0.39 is 0 Å². The van der Waals surface area contributed by atoms with Crippen LogP contribution in [0.25, 0.3) is 0 Å². The van der Waals surface area contributed by atoms with Crippen LogP contribution in [0.3, 0.4) is 0 Å². The van der Waals surface area contributed by atoms with Crippen molar-refractivity contribution in [1.82, 2.24) is 5.32 Å². The standard InChI is InChI=1S/C16H27NO2/c1-5-6-13(2)11-19-12-15-9-14(10-17-3)7-8-16(15)18-4/h7-9,13,17H,5-6,10-12H2,1-4H3. The van der Waals surface area contributed by atoms with Gasteiger partial charge in [-0.25, -0.2) is 0 Å². The summed E-state index contributed by atoms with van der Waals surface area (Å²) in [5.74, 6) is 1.53. The number of benzene rings is 1. The fourth-order valence-corrected chi connectivity index (χ4v) is 2.21. The minimum Gasteiger partial charge on any atom is -0.496 e. The van der Waals surface area contributed by atoms with E-state index in [1.165, 1.54) is 18.4 Å². The number of hydrogen-bond acceptors (Lipinski definition) is 3.